The first-order chi connectivity index (χ1) is 7.14. The summed E-state index contributed by atoms with van der Waals surface area (Å²) in [5.74, 6) is 1.02. The number of hydrogen-bond donors (Lipinski definition) is 0. The monoisotopic (exact) mass is 224 g/mol. The van der Waals surface area contributed by atoms with Gasteiger partial charge in [0.2, 0.25) is 0 Å². The molecule has 0 aliphatic rings. The van der Waals surface area contributed by atoms with Gasteiger partial charge in [-0.3, -0.25) is 0 Å². The third kappa shape index (κ3) is 5.24. The average Bonchev–Trinajstić information content (AvgIpc) is 2.26. The van der Waals surface area contributed by atoms with Crippen LogP contribution in [0.15, 0.2) is 35.2 Å². The summed E-state index contributed by atoms with van der Waals surface area (Å²) in [4.78, 5) is 1.32. The zero-order valence-electron chi connectivity index (χ0n) is 9.82. The quantitative estimate of drug-likeness (QED) is 0.534. The summed E-state index contributed by atoms with van der Waals surface area (Å²) in [6.45, 7) is 7.26. The van der Waals surface area contributed by atoms with Crippen molar-refractivity contribution in [1.82, 2.24) is 0 Å². The molecule has 0 aliphatic carbocycles. The van der Waals surface area contributed by atoms with Crippen molar-refractivity contribution in [3.05, 3.63) is 30.3 Å². The number of rotatable bonds is 6. The van der Waals surface area contributed by atoms with Crippen molar-refractivity contribution in [2.75, 3.05) is 12.4 Å². The van der Waals surface area contributed by atoms with E-state index in [9.17, 15) is 0 Å². The molecule has 0 unspecified atom stereocenters. The van der Waals surface area contributed by atoms with Gasteiger partial charge in [0.25, 0.3) is 0 Å². The molecular weight excluding hydrogens is 204 g/mol. The molecule has 0 saturated heterocycles. The molecule has 0 spiro atoms. The second-order valence-corrected chi connectivity index (χ2v) is 5.29. The van der Waals surface area contributed by atoms with Gasteiger partial charge in [0.1, 0.15) is 0 Å². The lowest BCUT2D eigenvalue weighted by Crippen LogP contribution is -2.24. The lowest BCUT2D eigenvalue weighted by molar-refractivity contribution is -0.0109. The van der Waals surface area contributed by atoms with Crippen molar-refractivity contribution in [2.24, 2.45) is 0 Å². The normalized spacial score (nSPS) is 11.7. The molecule has 0 bridgehead atoms. The van der Waals surface area contributed by atoms with Gasteiger partial charge in [-0.15, -0.1) is 11.8 Å². The fraction of sp³-hybridized carbons (Fsp3) is 0.538. The Balaban J connectivity index is 2.18. The van der Waals surface area contributed by atoms with E-state index in [0.717, 1.165) is 18.8 Å². The maximum absolute atomic E-state index is 5.78. The van der Waals surface area contributed by atoms with E-state index >= 15 is 0 Å². The number of thioether (sulfide) groups is 1. The van der Waals surface area contributed by atoms with Gasteiger partial charge in [-0.05, 0) is 32.4 Å². The minimum absolute atomic E-state index is 0.0250. The molecule has 2 heteroatoms. The minimum atomic E-state index is 0.0250. The van der Waals surface area contributed by atoms with Gasteiger partial charge >= 0.3 is 0 Å². The van der Waals surface area contributed by atoms with Gasteiger partial charge in [-0.25, -0.2) is 0 Å². The molecule has 1 nitrogen and oxygen atoms in total. The Bertz CT molecular complexity index is 269. The van der Waals surface area contributed by atoms with Crippen LogP contribution in [0.1, 0.15) is 27.2 Å². The highest BCUT2D eigenvalue weighted by Crippen LogP contribution is 2.18. The van der Waals surface area contributed by atoms with Crippen molar-refractivity contribution in [3.63, 3.8) is 0 Å². The molecule has 0 aliphatic heterocycles. The molecule has 84 valence electrons. The van der Waals surface area contributed by atoms with Crippen LogP contribution in [0.4, 0.5) is 0 Å². The van der Waals surface area contributed by atoms with Crippen LogP contribution in [0.25, 0.3) is 0 Å². The van der Waals surface area contributed by atoms with Gasteiger partial charge in [0, 0.05) is 10.6 Å². The van der Waals surface area contributed by atoms with Crippen molar-refractivity contribution < 1.29 is 4.74 Å². The Hall–Kier alpha value is -0.470. The minimum Gasteiger partial charge on any atom is -0.375 e. The SMILES string of the molecule is CCC(C)(C)OCCSc1ccccc1. The maximum Gasteiger partial charge on any atom is 0.0624 e. The van der Waals surface area contributed by atoms with E-state index in [1.165, 1.54) is 4.90 Å². The Morgan fingerprint density at radius 2 is 1.87 bits per heavy atom. The van der Waals surface area contributed by atoms with Crippen LogP contribution in [-0.4, -0.2) is 18.0 Å². The second-order valence-electron chi connectivity index (χ2n) is 4.12. The molecule has 1 aromatic carbocycles. The molecule has 0 radical (unpaired) electrons. The highest BCUT2D eigenvalue weighted by atomic mass is 32.2. The van der Waals surface area contributed by atoms with Gasteiger partial charge in [0.05, 0.1) is 12.2 Å². The molecule has 15 heavy (non-hydrogen) atoms. The van der Waals surface area contributed by atoms with Crippen LogP contribution in [0.5, 0.6) is 0 Å². The van der Waals surface area contributed by atoms with Gasteiger partial charge in [-0.2, -0.15) is 0 Å². The summed E-state index contributed by atoms with van der Waals surface area (Å²) < 4.78 is 5.78. The molecule has 0 saturated carbocycles. The smallest absolute Gasteiger partial charge is 0.0624 e. The predicted octanol–water partition coefficient (Wildman–Crippen LogP) is 3.98. The second kappa shape index (κ2) is 6.19. The molecule has 0 N–H and O–H groups in total. The third-order valence-electron chi connectivity index (χ3n) is 2.44. The molecule has 0 aromatic heterocycles. The first-order valence-corrected chi connectivity index (χ1v) is 6.44. The lowest BCUT2D eigenvalue weighted by Gasteiger charge is -2.23. The van der Waals surface area contributed by atoms with E-state index in [0.29, 0.717) is 0 Å². The highest BCUT2D eigenvalue weighted by Gasteiger charge is 2.14. The van der Waals surface area contributed by atoms with Crippen molar-refractivity contribution in [3.8, 4) is 0 Å². The zero-order valence-corrected chi connectivity index (χ0v) is 10.6. The fourth-order valence-corrected chi connectivity index (χ4v) is 1.85. The molecule has 0 fully saturated rings. The van der Waals surface area contributed by atoms with E-state index in [2.05, 4.69) is 45.0 Å². The fourth-order valence-electron chi connectivity index (χ4n) is 1.10. The summed E-state index contributed by atoms with van der Waals surface area (Å²) in [7, 11) is 0. The van der Waals surface area contributed by atoms with E-state index in [1.54, 1.807) is 0 Å². The summed E-state index contributed by atoms with van der Waals surface area (Å²) >= 11 is 1.85. The topological polar surface area (TPSA) is 9.23 Å². The van der Waals surface area contributed by atoms with Crippen LogP contribution < -0.4 is 0 Å². The largest absolute Gasteiger partial charge is 0.375 e. The summed E-state index contributed by atoms with van der Waals surface area (Å²) in [6.07, 6.45) is 1.06. The van der Waals surface area contributed by atoms with Crippen molar-refractivity contribution >= 4 is 11.8 Å². The highest BCUT2D eigenvalue weighted by molar-refractivity contribution is 7.99. The average molecular weight is 224 g/mol. The van der Waals surface area contributed by atoms with E-state index in [4.69, 9.17) is 4.74 Å². The molecule has 0 atom stereocenters. The third-order valence-corrected chi connectivity index (χ3v) is 3.42. The maximum atomic E-state index is 5.78. The summed E-state index contributed by atoms with van der Waals surface area (Å²) in [5.41, 5.74) is 0.0250. The zero-order chi connectivity index (χ0) is 11.1. The van der Waals surface area contributed by atoms with E-state index < -0.39 is 0 Å². The lowest BCUT2D eigenvalue weighted by atomic mass is 10.1. The predicted molar refractivity (Wildman–Crippen MR) is 67.5 cm³/mol. The van der Waals surface area contributed by atoms with Crippen LogP contribution in [0, 0.1) is 0 Å². The summed E-state index contributed by atoms with van der Waals surface area (Å²) in [6, 6.07) is 10.4. The van der Waals surface area contributed by atoms with Crippen molar-refractivity contribution in [1.29, 1.82) is 0 Å². The van der Waals surface area contributed by atoms with Crippen molar-refractivity contribution in [2.45, 2.75) is 37.7 Å². The number of benzene rings is 1. The van der Waals surface area contributed by atoms with Gasteiger partial charge < -0.3 is 4.74 Å². The standard InChI is InChI=1S/C13H20OS/c1-4-13(2,3)14-10-11-15-12-8-6-5-7-9-12/h5-9H,4,10-11H2,1-3H3. The Morgan fingerprint density at radius 3 is 2.47 bits per heavy atom. The number of ether oxygens (including phenoxy) is 1. The Kier molecular flexibility index (Phi) is 5.20. The van der Waals surface area contributed by atoms with Gasteiger partial charge in [0.15, 0.2) is 0 Å². The van der Waals surface area contributed by atoms with Crippen LogP contribution >= 0.6 is 11.8 Å². The molecule has 0 heterocycles. The number of hydrogen-bond acceptors (Lipinski definition) is 2. The first-order valence-electron chi connectivity index (χ1n) is 5.46. The molecule has 1 rings (SSSR count). The molecule has 0 amide bonds. The Labute approximate surface area is 97.2 Å². The van der Waals surface area contributed by atoms with Gasteiger partial charge in [-0.1, -0.05) is 25.1 Å². The van der Waals surface area contributed by atoms with Crippen LogP contribution in [-0.2, 0) is 4.74 Å². The first kappa shape index (κ1) is 12.6. The molecular formula is C13H20OS. The molecule has 1 aromatic rings. The van der Waals surface area contributed by atoms with E-state index in [1.807, 2.05) is 17.8 Å². The van der Waals surface area contributed by atoms with Crippen LogP contribution in [0.3, 0.4) is 0 Å². The Morgan fingerprint density at radius 1 is 1.20 bits per heavy atom. The summed E-state index contributed by atoms with van der Waals surface area (Å²) in [5, 5.41) is 0. The van der Waals surface area contributed by atoms with Crippen LogP contribution in [0.2, 0.25) is 0 Å². The van der Waals surface area contributed by atoms with E-state index in [-0.39, 0.29) is 5.60 Å².